The molecule has 0 aliphatic carbocycles. The predicted molar refractivity (Wildman–Crippen MR) is 62.2 cm³/mol. The topological polar surface area (TPSA) is 96.9 Å². The summed E-state index contributed by atoms with van der Waals surface area (Å²) in [5, 5.41) is 19.6. The Labute approximate surface area is 98.9 Å². The molecule has 1 aromatic rings. The van der Waals surface area contributed by atoms with E-state index in [1.807, 2.05) is 11.8 Å². The van der Waals surface area contributed by atoms with Crippen molar-refractivity contribution in [2.45, 2.75) is 13.0 Å². The number of hydrogen-bond donors (Lipinski definition) is 2. The van der Waals surface area contributed by atoms with Crippen LogP contribution in [0.5, 0.6) is 0 Å². The SMILES string of the molecule is CC1CN(c2nnccc2/C(N)=N/O)CCO1. The van der Waals surface area contributed by atoms with Gasteiger partial charge in [0.25, 0.3) is 0 Å². The molecule has 1 aliphatic heterocycles. The molecular weight excluding hydrogens is 222 g/mol. The summed E-state index contributed by atoms with van der Waals surface area (Å²) >= 11 is 0. The van der Waals surface area contributed by atoms with Crippen LogP contribution in [0, 0.1) is 0 Å². The molecule has 0 amide bonds. The van der Waals surface area contributed by atoms with Gasteiger partial charge in [-0.2, -0.15) is 5.10 Å². The molecule has 1 fully saturated rings. The monoisotopic (exact) mass is 237 g/mol. The summed E-state index contributed by atoms with van der Waals surface area (Å²) in [6.45, 7) is 4.05. The Bertz CT molecular complexity index is 423. The summed E-state index contributed by atoms with van der Waals surface area (Å²) in [5.41, 5.74) is 6.19. The molecule has 3 N–H and O–H groups in total. The van der Waals surface area contributed by atoms with Crippen LogP contribution in [0.15, 0.2) is 17.4 Å². The summed E-state index contributed by atoms with van der Waals surface area (Å²) in [6, 6.07) is 1.68. The summed E-state index contributed by atoms with van der Waals surface area (Å²) in [7, 11) is 0. The molecule has 17 heavy (non-hydrogen) atoms. The van der Waals surface area contributed by atoms with Crippen molar-refractivity contribution in [2.24, 2.45) is 10.9 Å². The van der Waals surface area contributed by atoms with E-state index in [9.17, 15) is 0 Å². The quantitative estimate of drug-likeness (QED) is 0.320. The van der Waals surface area contributed by atoms with Crippen LogP contribution in [0.25, 0.3) is 0 Å². The Morgan fingerprint density at radius 2 is 2.53 bits per heavy atom. The highest BCUT2D eigenvalue weighted by molar-refractivity contribution is 6.01. The van der Waals surface area contributed by atoms with Crippen molar-refractivity contribution >= 4 is 11.7 Å². The Morgan fingerprint density at radius 1 is 1.71 bits per heavy atom. The Hall–Kier alpha value is -1.89. The van der Waals surface area contributed by atoms with E-state index in [0.717, 1.165) is 6.54 Å². The molecule has 1 saturated heterocycles. The first kappa shape index (κ1) is 11.6. The van der Waals surface area contributed by atoms with Crippen molar-refractivity contribution in [3.8, 4) is 0 Å². The van der Waals surface area contributed by atoms with Crippen LogP contribution in [-0.2, 0) is 4.74 Å². The Balaban J connectivity index is 2.31. The number of anilines is 1. The van der Waals surface area contributed by atoms with Gasteiger partial charge in [-0.3, -0.25) is 0 Å². The zero-order valence-electron chi connectivity index (χ0n) is 9.58. The maximum Gasteiger partial charge on any atom is 0.173 e. The molecule has 0 radical (unpaired) electrons. The molecule has 7 nitrogen and oxygen atoms in total. The smallest absolute Gasteiger partial charge is 0.173 e. The minimum atomic E-state index is 0.0362. The second-order valence-electron chi connectivity index (χ2n) is 3.88. The number of nitrogens with zero attached hydrogens (tertiary/aromatic N) is 4. The Kier molecular flexibility index (Phi) is 3.38. The van der Waals surface area contributed by atoms with Crippen LogP contribution in [0.3, 0.4) is 0 Å². The van der Waals surface area contributed by atoms with E-state index < -0.39 is 0 Å². The van der Waals surface area contributed by atoms with Crippen LogP contribution >= 0.6 is 0 Å². The molecule has 92 valence electrons. The minimum absolute atomic E-state index is 0.0362. The number of rotatable bonds is 2. The van der Waals surface area contributed by atoms with Crippen LogP contribution in [0.4, 0.5) is 5.82 Å². The molecule has 7 heteroatoms. The third-order valence-corrected chi connectivity index (χ3v) is 2.63. The standard InChI is InChI=1S/C10H15N5O2/c1-7-6-15(4-5-17-7)10-8(9(11)14-16)2-3-12-13-10/h2-3,7,16H,4-6H2,1H3,(H2,11,14). The summed E-state index contributed by atoms with van der Waals surface area (Å²) in [4.78, 5) is 2.02. The molecule has 0 spiro atoms. The molecule has 1 aromatic heterocycles. The van der Waals surface area contributed by atoms with Gasteiger partial charge >= 0.3 is 0 Å². The van der Waals surface area contributed by atoms with Crippen LogP contribution in [0.2, 0.25) is 0 Å². The molecular formula is C10H15N5O2. The first-order valence-electron chi connectivity index (χ1n) is 5.38. The maximum absolute atomic E-state index is 8.73. The number of nitrogens with two attached hydrogens (primary N) is 1. The highest BCUT2D eigenvalue weighted by atomic mass is 16.5. The van der Waals surface area contributed by atoms with Crippen LogP contribution in [0.1, 0.15) is 12.5 Å². The average Bonchev–Trinajstić information content (AvgIpc) is 2.38. The van der Waals surface area contributed by atoms with E-state index in [-0.39, 0.29) is 11.9 Å². The molecule has 1 atom stereocenters. The summed E-state index contributed by atoms with van der Waals surface area (Å²) in [5.74, 6) is 0.659. The lowest BCUT2D eigenvalue weighted by atomic mass is 10.2. The second kappa shape index (κ2) is 4.96. The van der Waals surface area contributed by atoms with Crippen molar-refractivity contribution in [1.82, 2.24) is 10.2 Å². The largest absolute Gasteiger partial charge is 0.409 e. The van der Waals surface area contributed by atoms with Gasteiger partial charge in [-0.25, -0.2) is 0 Å². The van der Waals surface area contributed by atoms with Gasteiger partial charge < -0.3 is 20.6 Å². The number of hydrogen-bond acceptors (Lipinski definition) is 6. The summed E-state index contributed by atoms with van der Waals surface area (Å²) in [6.07, 6.45) is 1.65. The van der Waals surface area contributed by atoms with Gasteiger partial charge in [0.2, 0.25) is 0 Å². The molecule has 0 bridgehead atoms. The van der Waals surface area contributed by atoms with E-state index in [4.69, 9.17) is 15.7 Å². The lowest BCUT2D eigenvalue weighted by Crippen LogP contribution is -2.42. The number of oxime groups is 1. The number of amidine groups is 1. The van der Waals surface area contributed by atoms with Crippen molar-refractivity contribution < 1.29 is 9.94 Å². The van der Waals surface area contributed by atoms with E-state index in [1.165, 1.54) is 6.20 Å². The average molecular weight is 237 g/mol. The fourth-order valence-corrected chi connectivity index (χ4v) is 1.82. The van der Waals surface area contributed by atoms with E-state index in [2.05, 4.69) is 15.4 Å². The number of morpholine rings is 1. The van der Waals surface area contributed by atoms with Gasteiger partial charge in [0.15, 0.2) is 11.7 Å². The van der Waals surface area contributed by atoms with Crippen LogP contribution < -0.4 is 10.6 Å². The second-order valence-corrected chi connectivity index (χ2v) is 3.88. The molecule has 0 saturated carbocycles. The first-order chi connectivity index (χ1) is 8.22. The van der Waals surface area contributed by atoms with Crippen molar-refractivity contribution in [2.75, 3.05) is 24.6 Å². The highest BCUT2D eigenvalue weighted by Crippen LogP contribution is 2.18. The minimum Gasteiger partial charge on any atom is -0.409 e. The van der Waals surface area contributed by atoms with Crippen molar-refractivity contribution in [1.29, 1.82) is 0 Å². The molecule has 1 aliphatic rings. The van der Waals surface area contributed by atoms with Gasteiger partial charge in [-0.1, -0.05) is 5.16 Å². The van der Waals surface area contributed by atoms with Crippen LogP contribution in [-0.4, -0.2) is 47.0 Å². The maximum atomic E-state index is 8.73. The Morgan fingerprint density at radius 3 is 3.24 bits per heavy atom. The van der Waals surface area contributed by atoms with Gasteiger partial charge in [0, 0.05) is 13.1 Å². The highest BCUT2D eigenvalue weighted by Gasteiger charge is 2.21. The molecule has 2 rings (SSSR count). The fourth-order valence-electron chi connectivity index (χ4n) is 1.82. The number of aromatic nitrogens is 2. The molecule has 2 heterocycles. The lowest BCUT2D eigenvalue weighted by molar-refractivity contribution is 0.0529. The third kappa shape index (κ3) is 2.44. The molecule has 0 aromatic carbocycles. The number of ether oxygens (including phenoxy) is 1. The zero-order valence-corrected chi connectivity index (χ0v) is 9.58. The first-order valence-corrected chi connectivity index (χ1v) is 5.38. The lowest BCUT2D eigenvalue weighted by Gasteiger charge is -2.32. The van der Waals surface area contributed by atoms with E-state index >= 15 is 0 Å². The summed E-state index contributed by atoms with van der Waals surface area (Å²) < 4.78 is 5.46. The molecule has 1 unspecified atom stereocenters. The van der Waals surface area contributed by atoms with E-state index in [1.54, 1.807) is 6.07 Å². The zero-order chi connectivity index (χ0) is 12.3. The van der Waals surface area contributed by atoms with Crippen molar-refractivity contribution in [3.05, 3.63) is 17.8 Å². The normalized spacial score (nSPS) is 21.6. The van der Waals surface area contributed by atoms with Gasteiger partial charge in [0.05, 0.1) is 24.5 Å². The van der Waals surface area contributed by atoms with E-state index in [0.29, 0.717) is 24.5 Å². The predicted octanol–water partition coefficient (Wildman–Crippen LogP) is -0.204. The van der Waals surface area contributed by atoms with Gasteiger partial charge in [-0.05, 0) is 13.0 Å². The van der Waals surface area contributed by atoms with Gasteiger partial charge in [0.1, 0.15) is 0 Å². The van der Waals surface area contributed by atoms with Gasteiger partial charge in [-0.15, -0.1) is 5.10 Å². The van der Waals surface area contributed by atoms with Crippen molar-refractivity contribution in [3.63, 3.8) is 0 Å². The fraction of sp³-hybridized carbons (Fsp3) is 0.500. The third-order valence-electron chi connectivity index (χ3n) is 2.63.